The molecule has 2 N–H and O–H groups in total. The van der Waals surface area contributed by atoms with Crippen LogP contribution in [0.1, 0.15) is 28.0 Å². The fourth-order valence-corrected chi connectivity index (χ4v) is 2.82. The van der Waals surface area contributed by atoms with Gasteiger partial charge in [-0.25, -0.2) is 13.1 Å². The summed E-state index contributed by atoms with van der Waals surface area (Å²) >= 11 is 0. The zero-order valence-electron chi connectivity index (χ0n) is 13.5. The van der Waals surface area contributed by atoms with Crippen LogP contribution in [0.25, 0.3) is 10.9 Å². The fraction of sp³-hybridized carbons (Fsp3) is 0.375. The van der Waals surface area contributed by atoms with Crippen LogP contribution in [0.2, 0.25) is 0 Å². The molecule has 1 amide bonds. The molecule has 1 aromatic heterocycles. The van der Waals surface area contributed by atoms with Crippen LogP contribution in [0.15, 0.2) is 24.3 Å². The predicted molar refractivity (Wildman–Crippen MR) is 91.0 cm³/mol. The van der Waals surface area contributed by atoms with E-state index in [-0.39, 0.29) is 5.91 Å². The van der Waals surface area contributed by atoms with Crippen LogP contribution in [0.5, 0.6) is 0 Å². The zero-order chi connectivity index (χ0) is 17.0. The number of aryl methyl sites for hydroxylation is 2. The van der Waals surface area contributed by atoms with Gasteiger partial charge in [-0.15, -0.1) is 0 Å². The summed E-state index contributed by atoms with van der Waals surface area (Å²) in [5, 5.41) is 3.64. The number of carbonyl (C=O) groups excluding carboxylic acids is 1. The van der Waals surface area contributed by atoms with Crippen molar-refractivity contribution in [2.45, 2.75) is 20.3 Å². The maximum absolute atomic E-state index is 12.4. The molecule has 0 spiro atoms. The van der Waals surface area contributed by atoms with Crippen molar-refractivity contribution in [3.8, 4) is 0 Å². The number of nitrogens with one attached hydrogen (secondary N) is 2. The summed E-state index contributed by atoms with van der Waals surface area (Å²) in [5.41, 5.74) is 3.23. The van der Waals surface area contributed by atoms with Gasteiger partial charge in [-0.2, -0.15) is 0 Å². The Morgan fingerprint density at radius 1 is 1.17 bits per heavy atom. The van der Waals surface area contributed by atoms with Gasteiger partial charge in [-0.1, -0.05) is 11.6 Å². The van der Waals surface area contributed by atoms with E-state index < -0.39 is 10.0 Å². The number of amides is 1. The predicted octanol–water partition coefficient (Wildman–Crippen LogP) is 1.52. The molecule has 0 radical (unpaired) electrons. The van der Waals surface area contributed by atoms with Crippen molar-refractivity contribution in [2.24, 2.45) is 0 Å². The number of rotatable bonds is 6. The molecule has 0 fully saturated rings. The van der Waals surface area contributed by atoms with Crippen LogP contribution in [-0.4, -0.2) is 38.7 Å². The summed E-state index contributed by atoms with van der Waals surface area (Å²) in [6, 6.07) is 7.59. The first kappa shape index (κ1) is 17.4. The highest BCUT2D eigenvalue weighted by atomic mass is 32.2. The number of sulfonamides is 1. The third kappa shape index (κ3) is 5.01. The summed E-state index contributed by atoms with van der Waals surface area (Å²) in [6.45, 7) is 4.52. The van der Waals surface area contributed by atoms with Crippen molar-refractivity contribution in [3.05, 3.63) is 41.1 Å². The highest BCUT2D eigenvalue weighted by Gasteiger charge is 2.12. The normalized spacial score (nSPS) is 11.6. The molecule has 0 bridgehead atoms. The lowest BCUT2D eigenvalue weighted by atomic mass is 10.0. The average molecular weight is 335 g/mol. The van der Waals surface area contributed by atoms with Crippen molar-refractivity contribution in [1.29, 1.82) is 0 Å². The first-order valence-corrected chi connectivity index (χ1v) is 9.26. The number of hydrogen-bond acceptors (Lipinski definition) is 4. The van der Waals surface area contributed by atoms with E-state index in [0.29, 0.717) is 25.1 Å². The van der Waals surface area contributed by atoms with Crippen LogP contribution in [0, 0.1) is 13.8 Å². The zero-order valence-corrected chi connectivity index (χ0v) is 14.3. The van der Waals surface area contributed by atoms with E-state index in [0.717, 1.165) is 28.4 Å². The van der Waals surface area contributed by atoms with Gasteiger partial charge in [0.05, 0.1) is 17.3 Å². The Labute approximate surface area is 136 Å². The van der Waals surface area contributed by atoms with Crippen LogP contribution >= 0.6 is 0 Å². The summed E-state index contributed by atoms with van der Waals surface area (Å²) < 4.78 is 24.3. The van der Waals surface area contributed by atoms with E-state index in [1.54, 1.807) is 6.07 Å². The van der Waals surface area contributed by atoms with E-state index in [4.69, 9.17) is 0 Å². The molecule has 1 heterocycles. The number of nitrogens with zero attached hydrogens (tertiary/aromatic N) is 1. The van der Waals surface area contributed by atoms with Gasteiger partial charge in [0.25, 0.3) is 5.91 Å². The molecule has 1 aromatic carbocycles. The topological polar surface area (TPSA) is 88.2 Å². The molecule has 0 saturated carbocycles. The second kappa shape index (κ2) is 7.06. The summed E-state index contributed by atoms with van der Waals surface area (Å²) in [5.74, 6) is -0.176. The highest BCUT2D eigenvalue weighted by Crippen LogP contribution is 2.20. The quantitative estimate of drug-likeness (QED) is 0.784. The van der Waals surface area contributed by atoms with Crippen molar-refractivity contribution in [1.82, 2.24) is 15.0 Å². The molecule has 124 valence electrons. The minimum atomic E-state index is -3.19. The van der Waals surface area contributed by atoms with Gasteiger partial charge >= 0.3 is 0 Å². The molecular weight excluding hydrogens is 314 g/mol. The molecular formula is C16H21N3O3S. The Morgan fingerprint density at radius 2 is 1.91 bits per heavy atom. The minimum absolute atomic E-state index is 0.176. The number of hydrogen-bond donors (Lipinski definition) is 2. The molecule has 0 aliphatic heterocycles. The van der Waals surface area contributed by atoms with Gasteiger partial charge in [0, 0.05) is 24.2 Å². The van der Waals surface area contributed by atoms with Gasteiger partial charge in [-0.05, 0) is 38.5 Å². The van der Waals surface area contributed by atoms with Crippen molar-refractivity contribution >= 4 is 26.8 Å². The largest absolute Gasteiger partial charge is 0.352 e. The first-order valence-electron chi connectivity index (χ1n) is 7.37. The number of carbonyl (C=O) groups is 1. The summed E-state index contributed by atoms with van der Waals surface area (Å²) in [7, 11) is -3.19. The molecule has 0 unspecified atom stereocenters. The maximum atomic E-state index is 12.4. The van der Waals surface area contributed by atoms with Crippen molar-refractivity contribution < 1.29 is 13.2 Å². The minimum Gasteiger partial charge on any atom is -0.352 e. The first-order chi connectivity index (χ1) is 10.8. The second-order valence-electron chi connectivity index (χ2n) is 5.61. The molecule has 0 atom stereocenters. The third-order valence-corrected chi connectivity index (χ3v) is 4.07. The summed E-state index contributed by atoms with van der Waals surface area (Å²) in [6.07, 6.45) is 1.64. The van der Waals surface area contributed by atoms with Gasteiger partial charge < -0.3 is 5.32 Å². The average Bonchev–Trinajstić information content (AvgIpc) is 2.45. The summed E-state index contributed by atoms with van der Waals surface area (Å²) in [4.78, 5) is 16.8. The second-order valence-corrected chi connectivity index (χ2v) is 7.44. The fourth-order valence-electron chi connectivity index (χ4n) is 2.30. The smallest absolute Gasteiger partial charge is 0.252 e. The molecule has 0 aliphatic carbocycles. The van der Waals surface area contributed by atoms with E-state index in [1.165, 1.54) is 0 Å². The lowest BCUT2D eigenvalue weighted by molar-refractivity contribution is 0.0955. The monoisotopic (exact) mass is 335 g/mol. The number of fused-ring (bicyclic) bond motifs is 1. The van der Waals surface area contributed by atoms with Gasteiger partial charge in [0.1, 0.15) is 0 Å². The van der Waals surface area contributed by atoms with Crippen molar-refractivity contribution in [3.63, 3.8) is 0 Å². The standard InChI is InChI=1S/C16H21N3O3S/c1-11-5-6-15-13(9-11)14(10-12(2)19-15)16(20)17-7-4-8-18-23(3,21)22/h5-6,9-10,18H,4,7-8H2,1-3H3,(H,17,20). The molecule has 2 aromatic rings. The Balaban J connectivity index is 2.07. The van der Waals surface area contributed by atoms with Gasteiger partial charge in [-0.3, -0.25) is 9.78 Å². The van der Waals surface area contributed by atoms with Crippen LogP contribution in [0.4, 0.5) is 0 Å². The van der Waals surface area contributed by atoms with Crippen molar-refractivity contribution in [2.75, 3.05) is 19.3 Å². The van der Waals surface area contributed by atoms with Crippen LogP contribution in [-0.2, 0) is 10.0 Å². The van der Waals surface area contributed by atoms with Gasteiger partial charge in [0.15, 0.2) is 0 Å². The number of benzene rings is 1. The van der Waals surface area contributed by atoms with E-state index >= 15 is 0 Å². The Morgan fingerprint density at radius 3 is 2.61 bits per heavy atom. The third-order valence-electron chi connectivity index (χ3n) is 3.34. The highest BCUT2D eigenvalue weighted by molar-refractivity contribution is 7.88. The van der Waals surface area contributed by atoms with E-state index in [1.807, 2.05) is 32.0 Å². The van der Waals surface area contributed by atoms with E-state index in [2.05, 4.69) is 15.0 Å². The van der Waals surface area contributed by atoms with Crippen LogP contribution < -0.4 is 10.0 Å². The molecule has 0 aliphatic rings. The number of aromatic nitrogens is 1. The molecule has 23 heavy (non-hydrogen) atoms. The molecule has 2 rings (SSSR count). The van der Waals surface area contributed by atoms with Crippen LogP contribution in [0.3, 0.4) is 0 Å². The maximum Gasteiger partial charge on any atom is 0.252 e. The lowest BCUT2D eigenvalue weighted by Gasteiger charge is -2.10. The Bertz CT molecular complexity index is 832. The SMILES string of the molecule is Cc1ccc2nc(C)cc(C(=O)NCCCNS(C)(=O)=O)c2c1. The molecule has 6 nitrogen and oxygen atoms in total. The Hall–Kier alpha value is -1.99. The van der Waals surface area contributed by atoms with Gasteiger partial charge in [0.2, 0.25) is 10.0 Å². The van der Waals surface area contributed by atoms with E-state index in [9.17, 15) is 13.2 Å². The molecule has 0 saturated heterocycles. The lowest BCUT2D eigenvalue weighted by Crippen LogP contribution is -2.29. The number of pyridine rings is 1. The molecule has 7 heteroatoms. The Kier molecular flexibility index (Phi) is 5.33.